The van der Waals surface area contributed by atoms with Crippen LogP contribution in [0.3, 0.4) is 0 Å². The van der Waals surface area contributed by atoms with Crippen LogP contribution in [-0.4, -0.2) is 17.1 Å². The van der Waals surface area contributed by atoms with Crippen molar-refractivity contribution in [1.29, 1.82) is 0 Å². The van der Waals surface area contributed by atoms with Gasteiger partial charge in [-0.3, -0.25) is 9.59 Å². The molecule has 1 atom stereocenters. The van der Waals surface area contributed by atoms with E-state index in [4.69, 9.17) is 11.6 Å². The minimum absolute atomic E-state index is 0.0116. The molecule has 0 spiro atoms. The van der Waals surface area contributed by atoms with E-state index in [9.17, 15) is 9.59 Å². The van der Waals surface area contributed by atoms with E-state index in [0.717, 1.165) is 28.3 Å². The van der Waals surface area contributed by atoms with Crippen molar-refractivity contribution in [2.45, 2.75) is 43.8 Å². The molecule has 2 amide bonds. The standard InChI is InChI=1S/C20H23ClN2O2S/c1-4-6-19(24)22-15-9-11-16(12-10-15)26-14(3)20(25)23-18-8-5-7-17(21)13(18)2/h5,7-12,14H,4,6H2,1-3H3,(H,22,24)(H,23,25). The van der Waals surface area contributed by atoms with Gasteiger partial charge >= 0.3 is 0 Å². The molecule has 0 bridgehead atoms. The fourth-order valence-corrected chi connectivity index (χ4v) is 3.34. The maximum Gasteiger partial charge on any atom is 0.237 e. The lowest BCUT2D eigenvalue weighted by Crippen LogP contribution is -2.22. The maximum atomic E-state index is 12.4. The van der Waals surface area contributed by atoms with Crippen molar-refractivity contribution in [1.82, 2.24) is 0 Å². The Morgan fingerprint density at radius 2 is 1.81 bits per heavy atom. The lowest BCUT2D eigenvalue weighted by atomic mass is 10.2. The van der Waals surface area contributed by atoms with Gasteiger partial charge in [0.05, 0.1) is 5.25 Å². The average Bonchev–Trinajstić information content (AvgIpc) is 2.60. The predicted octanol–water partition coefficient (Wildman–Crippen LogP) is 5.51. The SMILES string of the molecule is CCCC(=O)Nc1ccc(SC(C)C(=O)Nc2cccc(Cl)c2C)cc1. The third kappa shape index (κ3) is 5.78. The van der Waals surface area contributed by atoms with Crippen molar-refractivity contribution in [3.05, 3.63) is 53.1 Å². The topological polar surface area (TPSA) is 58.2 Å². The quantitative estimate of drug-likeness (QED) is 0.613. The molecule has 2 N–H and O–H groups in total. The first-order valence-electron chi connectivity index (χ1n) is 8.53. The Balaban J connectivity index is 1.94. The minimum Gasteiger partial charge on any atom is -0.326 e. The van der Waals surface area contributed by atoms with Gasteiger partial charge in [-0.15, -0.1) is 11.8 Å². The zero-order chi connectivity index (χ0) is 19.1. The molecule has 0 saturated carbocycles. The van der Waals surface area contributed by atoms with E-state index in [1.807, 2.05) is 57.2 Å². The molecule has 0 fully saturated rings. The lowest BCUT2D eigenvalue weighted by Gasteiger charge is -2.14. The maximum absolute atomic E-state index is 12.4. The number of carbonyl (C=O) groups excluding carboxylic acids is 2. The molecule has 0 aromatic heterocycles. The number of rotatable bonds is 7. The van der Waals surface area contributed by atoms with Crippen LogP contribution in [0.4, 0.5) is 11.4 Å². The van der Waals surface area contributed by atoms with E-state index in [0.29, 0.717) is 11.4 Å². The minimum atomic E-state index is -0.270. The fraction of sp³-hybridized carbons (Fsp3) is 0.300. The molecule has 2 rings (SSSR count). The van der Waals surface area contributed by atoms with E-state index in [1.165, 1.54) is 11.8 Å². The number of carbonyl (C=O) groups is 2. The van der Waals surface area contributed by atoms with Crippen LogP contribution in [0, 0.1) is 6.92 Å². The Labute approximate surface area is 163 Å². The van der Waals surface area contributed by atoms with Gasteiger partial charge in [-0.1, -0.05) is 24.6 Å². The largest absolute Gasteiger partial charge is 0.326 e. The van der Waals surface area contributed by atoms with Gasteiger partial charge in [-0.2, -0.15) is 0 Å². The van der Waals surface area contributed by atoms with E-state index >= 15 is 0 Å². The first-order chi connectivity index (χ1) is 12.4. The molecule has 0 aliphatic rings. The van der Waals surface area contributed by atoms with Gasteiger partial charge in [0.25, 0.3) is 0 Å². The second kappa shape index (κ2) is 9.64. The molecule has 0 saturated heterocycles. The third-order valence-electron chi connectivity index (χ3n) is 3.82. The molecule has 6 heteroatoms. The highest BCUT2D eigenvalue weighted by atomic mass is 35.5. The molecular weight excluding hydrogens is 368 g/mol. The zero-order valence-corrected chi connectivity index (χ0v) is 16.7. The smallest absolute Gasteiger partial charge is 0.237 e. The number of halogens is 1. The Kier molecular flexibility index (Phi) is 7.54. The molecular formula is C20H23ClN2O2S. The first kappa shape index (κ1) is 20.3. The normalized spacial score (nSPS) is 11.7. The van der Waals surface area contributed by atoms with E-state index in [1.54, 1.807) is 6.07 Å². The van der Waals surface area contributed by atoms with Gasteiger partial charge in [-0.25, -0.2) is 0 Å². The fourth-order valence-electron chi connectivity index (χ4n) is 2.30. The zero-order valence-electron chi connectivity index (χ0n) is 15.1. The summed E-state index contributed by atoms with van der Waals surface area (Å²) in [6.45, 7) is 5.70. The molecule has 0 heterocycles. The average molecular weight is 391 g/mol. The molecule has 0 aliphatic heterocycles. The van der Waals surface area contributed by atoms with Gasteiger partial charge in [0.15, 0.2) is 0 Å². The highest BCUT2D eigenvalue weighted by Crippen LogP contribution is 2.27. The summed E-state index contributed by atoms with van der Waals surface area (Å²) in [5, 5.41) is 6.13. The molecule has 26 heavy (non-hydrogen) atoms. The van der Waals surface area contributed by atoms with Crippen LogP contribution in [0.1, 0.15) is 32.3 Å². The Morgan fingerprint density at radius 3 is 2.46 bits per heavy atom. The van der Waals surface area contributed by atoms with Crippen molar-refractivity contribution in [2.24, 2.45) is 0 Å². The summed E-state index contributed by atoms with van der Waals surface area (Å²) in [7, 11) is 0. The number of benzene rings is 2. The van der Waals surface area contributed by atoms with Crippen LogP contribution >= 0.6 is 23.4 Å². The van der Waals surface area contributed by atoms with Crippen molar-refractivity contribution >= 4 is 46.6 Å². The van der Waals surface area contributed by atoms with Gasteiger partial charge in [-0.05, 0) is 62.2 Å². The number of amides is 2. The number of thioether (sulfide) groups is 1. The molecule has 0 aliphatic carbocycles. The van der Waals surface area contributed by atoms with Gasteiger partial charge in [0.1, 0.15) is 0 Å². The van der Waals surface area contributed by atoms with Gasteiger partial charge in [0.2, 0.25) is 11.8 Å². The van der Waals surface area contributed by atoms with Crippen LogP contribution in [0.25, 0.3) is 0 Å². The second-order valence-electron chi connectivity index (χ2n) is 5.98. The van der Waals surface area contributed by atoms with Gasteiger partial charge < -0.3 is 10.6 Å². The van der Waals surface area contributed by atoms with E-state index < -0.39 is 0 Å². The first-order valence-corrected chi connectivity index (χ1v) is 9.79. The summed E-state index contributed by atoms with van der Waals surface area (Å²) in [5.41, 5.74) is 2.34. The molecule has 2 aromatic carbocycles. The second-order valence-corrected chi connectivity index (χ2v) is 7.81. The van der Waals surface area contributed by atoms with Crippen LogP contribution < -0.4 is 10.6 Å². The molecule has 138 valence electrons. The Morgan fingerprint density at radius 1 is 1.12 bits per heavy atom. The van der Waals surface area contributed by atoms with Crippen LogP contribution in [0.2, 0.25) is 5.02 Å². The van der Waals surface area contributed by atoms with Gasteiger partial charge in [0, 0.05) is 27.7 Å². The van der Waals surface area contributed by atoms with E-state index in [2.05, 4.69) is 10.6 Å². The highest BCUT2D eigenvalue weighted by molar-refractivity contribution is 8.00. The molecule has 0 radical (unpaired) electrons. The monoisotopic (exact) mass is 390 g/mol. The summed E-state index contributed by atoms with van der Waals surface area (Å²) >= 11 is 7.55. The summed E-state index contributed by atoms with van der Waals surface area (Å²) in [6.07, 6.45) is 1.33. The van der Waals surface area contributed by atoms with Crippen molar-refractivity contribution in [2.75, 3.05) is 10.6 Å². The predicted molar refractivity (Wildman–Crippen MR) is 110 cm³/mol. The number of hydrogen-bond donors (Lipinski definition) is 2. The summed E-state index contributed by atoms with van der Waals surface area (Å²) in [6, 6.07) is 13.0. The summed E-state index contributed by atoms with van der Waals surface area (Å²) in [4.78, 5) is 25.0. The third-order valence-corrected chi connectivity index (χ3v) is 5.34. The summed E-state index contributed by atoms with van der Waals surface area (Å²) < 4.78 is 0. The molecule has 1 unspecified atom stereocenters. The van der Waals surface area contributed by atoms with Crippen LogP contribution in [-0.2, 0) is 9.59 Å². The number of anilines is 2. The lowest BCUT2D eigenvalue weighted by molar-refractivity contribution is -0.116. The number of hydrogen-bond acceptors (Lipinski definition) is 3. The summed E-state index contributed by atoms with van der Waals surface area (Å²) in [5.74, 6) is -0.0711. The molecule has 4 nitrogen and oxygen atoms in total. The van der Waals surface area contributed by atoms with Crippen molar-refractivity contribution in [3.63, 3.8) is 0 Å². The van der Waals surface area contributed by atoms with Crippen molar-refractivity contribution < 1.29 is 9.59 Å². The van der Waals surface area contributed by atoms with Crippen molar-refractivity contribution in [3.8, 4) is 0 Å². The highest BCUT2D eigenvalue weighted by Gasteiger charge is 2.16. The van der Waals surface area contributed by atoms with Crippen LogP contribution in [0.15, 0.2) is 47.4 Å². The van der Waals surface area contributed by atoms with Crippen LogP contribution in [0.5, 0.6) is 0 Å². The Bertz CT molecular complexity index is 778. The Hall–Kier alpha value is -1.98. The number of nitrogens with one attached hydrogen (secondary N) is 2. The molecule has 2 aromatic rings. The van der Waals surface area contributed by atoms with E-state index in [-0.39, 0.29) is 17.1 Å².